The van der Waals surface area contributed by atoms with Crippen molar-refractivity contribution in [3.8, 4) is 0 Å². The zero-order valence-electron chi connectivity index (χ0n) is 16.6. The minimum Gasteiger partial charge on any atom is -0.366 e. The second-order valence-corrected chi connectivity index (χ2v) is 7.45. The van der Waals surface area contributed by atoms with Crippen LogP contribution in [0.15, 0.2) is 42.7 Å². The Kier molecular flexibility index (Phi) is 6.19. The Labute approximate surface area is 170 Å². The number of benzene rings is 1. The number of hydrogen-bond acceptors (Lipinski definition) is 6. The molecule has 1 aromatic heterocycles. The summed E-state index contributed by atoms with van der Waals surface area (Å²) in [5.74, 6) is 0.760. The van der Waals surface area contributed by atoms with Crippen molar-refractivity contribution in [2.75, 3.05) is 68.7 Å². The van der Waals surface area contributed by atoms with Crippen LogP contribution in [0.4, 0.5) is 16.0 Å². The Balaban J connectivity index is 1.19. The normalized spacial score (nSPS) is 18.2. The highest BCUT2D eigenvalue weighted by Crippen LogP contribution is 2.20. The van der Waals surface area contributed by atoms with Gasteiger partial charge in [0.05, 0.1) is 5.69 Å². The first-order valence-corrected chi connectivity index (χ1v) is 10.2. The summed E-state index contributed by atoms with van der Waals surface area (Å²) in [5, 5.41) is 0. The van der Waals surface area contributed by atoms with Crippen molar-refractivity contribution in [1.29, 1.82) is 0 Å². The molecule has 4 rings (SSSR count). The molecule has 0 atom stereocenters. The molecule has 2 aliphatic heterocycles. The third-order valence-electron chi connectivity index (χ3n) is 5.67. The van der Waals surface area contributed by atoms with Crippen molar-refractivity contribution in [1.82, 2.24) is 19.8 Å². The highest BCUT2D eigenvalue weighted by atomic mass is 19.1. The molecule has 7 nitrogen and oxygen atoms in total. The number of carbonyl (C=O) groups excluding carboxylic acids is 1. The van der Waals surface area contributed by atoms with E-state index >= 15 is 0 Å². The van der Waals surface area contributed by atoms with Crippen molar-refractivity contribution in [2.45, 2.75) is 6.42 Å². The standard InChI is InChI=1S/C21H27FN6O/c22-18-4-1-2-5-19(18)26-14-16-27(17-15-26)20(29)6-9-25-10-12-28(13-11-25)21-23-7-3-8-24-21/h1-5,7-8H,6,9-17H2. The predicted molar refractivity (Wildman–Crippen MR) is 110 cm³/mol. The maximum absolute atomic E-state index is 14.0. The summed E-state index contributed by atoms with van der Waals surface area (Å²) in [7, 11) is 0. The van der Waals surface area contributed by atoms with E-state index in [9.17, 15) is 9.18 Å². The van der Waals surface area contributed by atoms with Crippen LogP contribution in [0.3, 0.4) is 0 Å². The molecule has 8 heteroatoms. The summed E-state index contributed by atoms with van der Waals surface area (Å²) in [5.41, 5.74) is 0.625. The molecular formula is C21H27FN6O. The SMILES string of the molecule is O=C(CCN1CCN(c2ncccn2)CC1)N1CCN(c2ccccc2F)CC1. The maximum Gasteiger partial charge on any atom is 0.225 e. The van der Waals surface area contributed by atoms with Crippen LogP contribution in [-0.2, 0) is 4.79 Å². The molecule has 0 saturated carbocycles. The summed E-state index contributed by atoms with van der Waals surface area (Å²) in [6.07, 6.45) is 4.06. The predicted octanol–water partition coefficient (Wildman–Crippen LogP) is 1.48. The van der Waals surface area contributed by atoms with E-state index in [4.69, 9.17) is 0 Å². The van der Waals surface area contributed by atoms with Gasteiger partial charge in [-0.25, -0.2) is 14.4 Å². The van der Waals surface area contributed by atoms with E-state index in [0.29, 0.717) is 38.3 Å². The second kappa shape index (κ2) is 9.17. The van der Waals surface area contributed by atoms with Crippen molar-refractivity contribution in [2.24, 2.45) is 0 Å². The molecule has 2 aliphatic rings. The summed E-state index contributed by atoms with van der Waals surface area (Å²) < 4.78 is 14.0. The number of carbonyl (C=O) groups is 1. The van der Waals surface area contributed by atoms with E-state index in [1.165, 1.54) is 6.07 Å². The van der Waals surface area contributed by atoms with Crippen LogP contribution in [0.1, 0.15) is 6.42 Å². The van der Waals surface area contributed by atoms with Gasteiger partial charge in [-0.2, -0.15) is 0 Å². The number of amides is 1. The van der Waals surface area contributed by atoms with Crippen molar-refractivity contribution >= 4 is 17.5 Å². The minimum atomic E-state index is -0.202. The number of halogens is 1. The van der Waals surface area contributed by atoms with Gasteiger partial charge in [-0.05, 0) is 18.2 Å². The highest BCUT2D eigenvalue weighted by molar-refractivity contribution is 5.76. The van der Waals surface area contributed by atoms with Crippen LogP contribution >= 0.6 is 0 Å². The van der Waals surface area contributed by atoms with Gasteiger partial charge in [0.1, 0.15) is 5.82 Å². The number of para-hydroxylation sites is 1. The number of nitrogens with zero attached hydrogens (tertiary/aromatic N) is 6. The van der Waals surface area contributed by atoms with Gasteiger partial charge in [-0.1, -0.05) is 12.1 Å². The molecule has 0 unspecified atom stereocenters. The third-order valence-corrected chi connectivity index (χ3v) is 5.67. The fourth-order valence-electron chi connectivity index (χ4n) is 3.94. The van der Waals surface area contributed by atoms with Gasteiger partial charge < -0.3 is 14.7 Å². The second-order valence-electron chi connectivity index (χ2n) is 7.45. The van der Waals surface area contributed by atoms with Crippen LogP contribution in [0, 0.1) is 5.82 Å². The van der Waals surface area contributed by atoms with E-state index in [0.717, 1.165) is 38.7 Å². The monoisotopic (exact) mass is 398 g/mol. The van der Waals surface area contributed by atoms with Crippen molar-refractivity contribution < 1.29 is 9.18 Å². The molecule has 3 heterocycles. The lowest BCUT2D eigenvalue weighted by atomic mass is 10.2. The fraction of sp³-hybridized carbons (Fsp3) is 0.476. The topological polar surface area (TPSA) is 55.8 Å². The Morgan fingerprint density at radius 2 is 1.52 bits per heavy atom. The Morgan fingerprint density at radius 1 is 0.862 bits per heavy atom. The Hall–Kier alpha value is -2.74. The number of anilines is 2. The quantitative estimate of drug-likeness (QED) is 0.761. The first-order chi connectivity index (χ1) is 14.2. The molecule has 2 aromatic rings. The number of piperazine rings is 2. The van der Waals surface area contributed by atoms with Crippen molar-refractivity contribution in [3.63, 3.8) is 0 Å². The molecule has 154 valence electrons. The van der Waals surface area contributed by atoms with Crippen LogP contribution in [-0.4, -0.2) is 84.6 Å². The molecule has 1 amide bonds. The first-order valence-electron chi connectivity index (χ1n) is 10.2. The van der Waals surface area contributed by atoms with Crippen LogP contribution in [0.25, 0.3) is 0 Å². The maximum atomic E-state index is 14.0. The summed E-state index contributed by atoms with van der Waals surface area (Å²) in [6, 6.07) is 8.65. The summed E-state index contributed by atoms with van der Waals surface area (Å²) in [6.45, 7) is 6.97. The highest BCUT2D eigenvalue weighted by Gasteiger charge is 2.24. The molecule has 29 heavy (non-hydrogen) atoms. The molecule has 2 saturated heterocycles. The molecule has 2 fully saturated rings. The van der Waals surface area contributed by atoms with E-state index in [2.05, 4.69) is 19.8 Å². The Morgan fingerprint density at radius 3 is 2.21 bits per heavy atom. The molecule has 0 aliphatic carbocycles. The molecule has 0 N–H and O–H groups in total. The average Bonchev–Trinajstić information content (AvgIpc) is 2.79. The van der Waals surface area contributed by atoms with E-state index in [1.807, 2.05) is 21.9 Å². The van der Waals surface area contributed by atoms with Gasteiger partial charge in [0.15, 0.2) is 0 Å². The van der Waals surface area contributed by atoms with E-state index in [1.54, 1.807) is 24.5 Å². The molecule has 1 aromatic carbocycles. The zero-order chi connectivity index (χ0) is 20.1. The minimum absolute atomic E-state index is 0.187. The molecular weight excluding hydrogens is 371 g/mol. The van der Waals surface area contributed by atoms with Crippen LogP contribution < -0.4 is 9.80 Å². The average molecular weight is 398 g/mol. The van der Waals surface area contributed by atoms with Gasteiger partial charge in [0.25, 0.3) is 0 Å². The van der Waals surface area contributed by atoms with Crippen LogP contribution in [0.2, 0.25) is 0 Å². The first kappa shape index (κ1) is 19.6. The lowest BCUT2D eigenvalue weighted by molar-refractivity contribution is -0.131. The van der Waals surface area contributed by atoms with Gasteiger partial charge in [0, 0.05) is 77.7 Å². The molecule has 0 spiro atoms. The summed E-state index contributed by atoms with van der Waals surface area (Å²) >= 11 is 0. The van der Waals surface area contributed by atoms with E-state index in [-0.39, 0.29) is 11.7 Å². The van der Waals surface area contributed by atoms with Gasteiger partial charge in [-0.15, -0.1) is 0 Å². The fourth-order valence-corrected chi connectivity index (χ4v) is 3.94. The zero-order valence-corrected chi connectivity index (χ0v) is 16.6. The Bertz CT molecular complexity index is 804. The molecule has 0 radical (unpaired) electrons. The summed E-state index contributed by atoms with van der Waals surface area (Å²) in [4.78, 5) is 29.7. The lowest BCUT2D eigenvalue weighted by Gasteiger charge is -2.37. The van der Waals surface area contributed by atoms with Gasteiger partial charge >= 0.3 is 0 Å². The number of hydrogen-bond donors (Lipinski definition) is 0. The van der Waals surface area contributed by atoms with Crippen molar-refractivity contribution in [3.05, 3.63) is 48.5 Å². The van der Waals surface area contributed by atoms with Gasteiger partial charge in [-0.3, -0.25) is 9.69 Å². The van der Waals surface area contributed by atoms with Crippen LogP contribution in [0.5, 0.6) is 0 Å². The lowest BCUT2D eigenvalue weighted by Crippen LogP contribution is -2.50. The molecule has 0 bridgehead atoms. The number of rotatable bonds is 5. The third kappa shape index (κ3) is 4.82. The smallest absolute Gasteiger partial charge is 0.225 e. The van der Waals surface area contributed by atoms with E-state index < -0.39 is 0 Å². The van der Waals surface area contributed by atoms with Gasteiger partial charge in [0.2, 0.25) is 11.9 Å². The number of aromatic nitrogens is 2. The largest absolute Gasteiger partial charge is 0.366 e.